The zero-order valence-corrected chi connectivity index (χ0v) is 26.0. The highest BCUT2D eigenvalue weighted by Gasteiger charge is 2.32. The molecule has 2 fully saturated rings. The molecule has 0 bridgehead atoms. The quantitative estimate of drug-likeness (QED) is 0.273. The lowest BCUT2D eigenvalue weighted by Crippen LogP contribution is -2.54. The van der Waals surface area contributed by atoms with E-state index in [1.165, 1.54) is 6.07 Å². The summed E-state index contributed by atoms with van der Waals surface area (Å²) in [5.74, 6) is -0.647. The van der Waals surface area contributed by atoms with E-state index in [4.69, 9.17) is 15.1 Å². The second-order valence-corrected chi connectivity index (χ2v) is 11.7. The van der Waals surface area contributed by atoms with Crippen LogP contribution in [-0.2, 0) is 16.0 Å². The van der Waals surface area contributed by atoms with E-state index in [1.54, 1.807) is 28.6 Å². The number of rotatable bonds is 9. The first kappa shape index (κ1) is 31.2. The van der Waals surface area contributed by atoms with Gasteiger partial charge >= 0.3 is 0 Å². The zero-order valence-electron chi connectivity index (χ0n) is 26.0. The summed E-state index contributed by atoms with van der Waals surface area (Å²) < 4.78 is 22.1. The molecule has 4 heterocycles. The first-order valence-electron chi connectivity index (χ1n) is 15.8. The molecule has 4 aromatic rings. The Labute approximate surface area is 267 Å². The summed E-state index contributed by atoms with van der Waals surface area (Å²) in [5.41, 5.74) is 6.12. The van der Waals surface area contributed by atoms with Crippen LogP contribution in [-0.4, -0.2) is 84.9 Å². The van der Waals surface area contributed by atoms with Gasteiger partial charge in [-0.3, -0.25) is 9.59 Å². The van der Waals surface area contributed by atoms with Crippen molar-refractivity contribution in [1.29, 1.82) is 5.26 Å². The van der Waals surface area contributed by atoms with Gasteiger partial charge in [-0.1, -0.05) is 42.5 Å². The van der Waals surface area contributed by atoms with E-state index in [2.05, 4.69) is 21.6 Å². The van der Waals surface area contributed by atoms with Gasteiger partial charge in [-0.2, -0.15) is 10.4 Å². The van der Waals surface area contributed by atoms with E-state index in [1.807, 2.05) is 42.5 Å². The Kier molecular flexibility index (Phi) is 9.57. The zero-order chi connectivity index (χ0) is 32.0. The van der Waals surface area contributed by atoms with Crippen LogP contribution < -0.4 is 15.5 Å². The molecule has 2 N–H and O–H groups in total. The van der Waals surface area contributed by atoms with Gasteiger partial charge in [0.2, 0.25) is 5.91 Å². The third-order valence-corrected chi connectivity index (χ3v) is 8.80. The maximum Gasteiger partial charge on any atom is 0.272 e. The van der Waals surface area contributed by atoms with Crippen LogP contribution in [0, 0.1) is 24.1 Å². The predicted octanol–water partition coefficient (Wildman–Crippen LogP) is 3.71. The Morgan fingerprint density at radius 3 is 2.72 bits per heavy atom. The summed E-state index contributed by atoms with van der Waals surface area (Å²) in [4.78, 5) is 31.2. The number of ether oxygens (including phenoxy) is 1. The molecule has 0 unspecified atom stereocenters. The van der Waals surface area contributed by atoms with Crippen LogP contribution in [0.3, 0.4) is 0 Å². The average Bonchev–Trinajstić information content (AvgIpc) is 3.40. The number of nitriles is 1. The minimum Gasteiger partial charge on any atom is -0.378 e. The van der Waals surface area contributed by atoms with Gasteiger partial charge < -0.3 is 25.2 Å². The van der Waals surface area contributed by atoms with Gasteiger partial charge in [-0.25, -0.2) is 8.91 Å². The predicted molar refractivity (Wildman–Crippen MR) is 173 cm³/mol. The number of amides is 2. The van der Waals surface area contributed by atoms with Crippen LogP contribution in [0.1, 0.15) is 40.0 Å². The number of aromatic nitrogens is 2. The van der Waals surface area contributed by atoms with Crippen molar-refractivity contribution in [1.82, 2.24) is 25.1 Å². The summed E-state index contributed by atoms with van der Waals surface area (Å²) >= 11 is 0. The number of benzene rings is 2. The molecule has 2 aromatic carbocycles. The molecule has 2 saturated heterocycles. The summed E-state index contributed by atoms with van der Waals surface area (Å²) in [7, 11) is 0. The van der Waals surface area contributed by atoms with E-state index in [0.717, 1.165) is 46.5 Å². The van der Waals surface area contributed by atoms with Crippen molar-refractivity contribution in [3.8, 4) is 17.2 Å². The number of carbonyl (C=O) groups excluding carboxylic acids is 2. The summed E-state index contributed by atoms with van der Waals surface area (Å²) in [6.07, 6.45) is 2.57. The van der Waals surface area contributed by atoms with E-state index in [9.17, 15) is 14.0 Å². The number of nitrogens with zero attached hydrogens (tertiary/aromatic N) is 5. The second-order valence-electron chi connectivity index (χ2n) is 11.7. The van der Waals surface area contributed by atoms with Crippen molar-refractivity contribution in [3.05, 3.63) is 89.0 Å². The van der Waals surface area contributed by atoms with Crippen LogP contribution in [0.25, 0.3) is 16.6 Å². The van der Waals surface area contributed by atoms with Crippen molar-refractivity contribution < 1.29 is 18.7 Å². The molecule has 2 aliphatic rings. The Morgan fingerprint density at radius 1 is 1.13 bits per heavy atom. The van der Waals surface area contributed by atoms with E-state index in [0.29, 0.717) is 57.1 Å². The Morgan fingerprint density at radius 2 is 1.93 bits per heavy atom. The topological polar surface area (TPSA) is 115 Å². The standard InChI is InChI=1S/C35H38FN7O3/c1-24-26(9-5-10-30(24)36)19-29-33(25-7-3-2-4-8-25)31-21-28(41-15-17-46-18-16-41)22-40-43(31)34(29)35(45)42-14-13-38-27(23-42)20-32(44)39-12-6-11-37/h2-5,7-10,21-22,27,38H,6,12-20,23H2,1H3,(H,39,44)/t27-/m0/s1. The van der Waals surface area contributed by atoms with Gasteiger partial charge in [-0.15, -0.1) is 0 Å². The van der Waals surface area contributed by atoms with Gasteiger partial charge in [0.25, 0.3) is 5.91 Å². The van der Waals surface area contributed by atoms with Crippen molar-refractivity contribution in [2.24, 2.45) is 0 Å². The fourth-order valence-corrected chi connectivity index (χ4v) is 6.37. The molecule has 1 atom stereocenters. The van der Waals surface area contributed by atoms with Gasteiger partial charge in [0.1, 0.15) is 11.5 Å². The van der Waals surface area contributed by atoms with Crippen molar-refractivity contribution in [2.75, 3.05) is 57.4 Å². The molecule has 2 amide bonds. The van der Waals surface area contributed by atoms with Gasteiger partial charge in [0.15, 0.2) is 0 Å². The Balaban J connectivity index is 1.45. The molecule has 2 aromatic heterocycles. The van der Waals surface area contributed by atoms with E-state index >= 15 is 0 Å². The van der Waals surface area contributed by atoms with Gasteiger partial charge in [0.05, 0.1) is 43.1 Å². The van der Waals surface area contributed by atoms with Crippen LogP contribution in [0.4, 0.5) is 10.1 Å². The molecule has 46 heavy (non-hydrogen) atoms. The first-order chi connectivity index (χ1) is 22.4. The molecule has 0 saturated carbocycles. The molecule has 10 nitrogen and oxygen atoms in total. The lowest BCUT2D eigenvalue weighted by atomic mass is 9.93. The minimum atomic E-state index is -0.291. The lowest BCUT2D eigenvalue weighted by Gasteiger charge is -2.33. The van der Waals surface area contributed by atoms with Crippen molar-refractivity contribution in [2.45, 2.75) is 32.2 Å². The number of morpholine rings is 1. The Hall–Kier alpha value is -4.79. The number of hydrogen-bond donors (Lipinski definition) is 2. The number of halogens is 1. The highest BCUT2D eigenvalue weighted by atomic mass is 19.1. The number of piperazine rings is 1. The average molecular weight is 624 g/mol. The number of hydrogen-bond acceptors (Lipinski definition) is 7. The molecule has 0 aliphatic carbocycles. The summed E-state index contributed by atoms with van der Waals surface area (Å²) in [6.45, 7) is 6.14. The number of anilines is 1. The number of fused-ring (bicyclic) bond motifs is 1. The molecule has 11 heteroatoms. The first-order valence-corrected chi connectivity index (χ1v) is 15.8. The highest BCUT2D eigenvalue weighted by Crippen LogP contribution is 2.37. The third kappa shape index (κ3) is 6.59. The minimum absolute atomic E-state index is 0.166. The SMILES string of the molecule is Cc1c(F)cccc1Cc1c(-c2ccccc2)c2cc(N3CCOCC3)cnn2c1C(=O)N1CCN[C@@H](CC(=O)NCCC#N)C1. The molecule has 0 radical (unpaired) electrons. The molecule has 6 rings (SSSR count). The largest absolute Gasteiger partial charge is 0.378 e. The molecular weight excluding hydrogens is 585 g/mol. The normalized spacial score (nSPS) is 16.8. The van der Waals surface area contributed by atoms with Gasteiger partial charge in [0, 0.05) is 63.7 Å². The lowest BCUT2D eigenvalue weighted by molar-refractivity contribution is -0.121. The van der Waals surface area contributed by atoms with E-state index in [-0.39, 0.29) is 36.5 Å². The number of carbonyl (C=O) groups is 2. The second kappa shape index (κ2) is 14.1. The molecular formula is C35H38FN7O3. The van der Waals surface area contributed by atoms with Crippen molar-refractivity contribution >= 4 is 23.0 Å². The maximum atomic E-state index is 14.8. The summed E-state index contributed by atoms with van der Waals surface area (Å²) in [5, 5.41) is 19.8. The monoisotopic (exact) mass is 623 g/mol. The third-order valence-electron chi connectivity index (χ3n) is 8.80. The van der Waals surface area contributed by atoms with Crippen LogP contribution >= 0.6 is 0 Å². The Bertz CT molecular complexity index is 1760. The summed E-state index contributed by atoms with van der Waals surface area (Å²) in [6, 6.07) is 18.9. The maximum absolute atomic E-state index is 14.8. The smallest absolute Gasteiger partial charge is 0.272 e. The van der Waals surface area contributed by atoms with Crippen LogP contribution in [0.15, 0.2) is 60.8 Å². The molecule has 238 valence electrons. The van der Waals surface area contributed by atoms with E-state index < -0.39 is 0 Å². The van der Waals surface area contributed by atoms with Crippen LogP contribution in [0.5, 0.6) is 0 Å². The highest BCUT2D eigenvalue weighted by molar-refractivity contribution is 6.01. The van der Waals surface area contributed by atoms with Gasteiger partial charge in [-0.05, 0) is 41.3 Å². The van der Waals surface area contributed by atoms with Crippen LogP contribution in [0.2, 0.25) is 0 Å². The molecule has 0 spiro atoms. The van der Waals surface area contributed by atoms with Crippen molar-refractivity contribution in [3.63, 3.8) is 0 Å². The fraction of sp³-hybridized carbons (Fsp3) is 0.371. The molecule has 2 aliphatic heterocycles. The number of nitrogens with one attached hydrogen (secondary N) is 2. The fourth-order valence-electron chi connectivity index (χ4n) is 6.37.